The van der Waals surface area contributed by atoms with Crippen molar-refractivity contribution in [3.63, 3.8) is 0 Å². The molecule has 8 nitrogen and oxygen atoms in total. The first-order valence-electron chi connectivity index (χ1n) is 9.41. The molecule has 0 fully saturated rings. The highest BCUT2D eigenvalue weighted by Gasteiger charge is 2.37. The number of carbonyl (C=O) groups excluding carboxylic acids is 2. The number of carbonyl (C=O) groups is 2. The zero-order valence-electron chi connectivity index (χ0n) is 17.5. The summed E-state index contributed by atoms with van der Waals surface area (Å²) < 4.78 is 25.3. The van der Waals surface area contributed by atoms with Crippen molar-refractivity contribution in [1.82, 2.24) is 0 Å². The van der Waals surface area contributed by atoms with Gasteiger partial charge in [-0.25, -0.2) is 9.59 Å². The second-order valence-corrected chi connectivity index (χ2v) is 8.50. The molecule has 9 heteroatoms. The Morgan fingerprint density at radius 3 is 1.59 bits per heavy atom. The fourth-order valence-electron chi connectivity index (χ4n) is 1.78. The third-order valence-corrected chi connectivity index (χ3v) is 6.28. The van der Waals surface area contributed by atoms with Crippen molar-refractivity contribution in [2.45, 2.75) is 58.9 Å². The van der Waals surface area contributed by atoms with Crippen LogP contribution in [0.25, 0.3) is 0 Å². The van der Waals surface area contributed by atoms with Gasteiger partial charge >= 0.3 is 20.7 Å². The minimum atomic E-state index is -2.37. The van der Waals surface area contributed by atoms with Gasteiger partial charge in [-0.15, -0.1) is 0 Å². The molecule has 0 saturated heterocycles. The lowest BCUT2D eigenvalue weighted by Crippen LogP contribution is -2.45. The van der Waals surface area contributed by atoms with E-state index in [2.05, 4.69) is 6.92 Å². The van der Waals surface area contributed by atoms with Gasteiger partial charge < -0.3 is 28.5 Å². The van der Waals surface area contributed by atoms with Gasteiger partial charge in [0.05, 0.1) is 19.9 Å². The van der Waals surface area contributed by atoms with E-state index in [-0.39, 0.29) is 6.73 Å². The molecule has 0 bridgehead atoms. The Labute approximate surface area is 164 Å². The molecule has 160 valence electrons. The van der Waals surface area contributed by atoms with E-state index in [1.807, 2.05) is 13.8 Å². The number of hydrogen-bond donors (Lipinski definition) is 1. The number of esters is 2. The molecule has 0 aromatic heterocycles. The van der Waals surface area contributed by atoms with E-state index in [1.165, 1.54) is 0 Å². The lowest BCUT2D eigenvalue weighted by atomic mass is 10.4. The Hall–Kier alpha value is -1.26. The number of hydrogen-bond acceptors (Lipinski definition) is 8. The lowest BCUT2D eigenvalue weighted by Gasteiger charge is -2.24. The molecule has 0 amide bonds. The van der Waals surface area contributed by atoms with E-state index in [0.717, 1.165) is 50.3 Å². The summed E-state index contributed by atoms with van der Waals surface area (Å²) in [4.78, 5) is 22.1. The van der Waals surface area contributed by atoms with Crippen molar-refractivity contribution in [2.24, 2.45) is 5.73 Å². The van der Waals surface area contributed by atoms with E-state index < -0.39 is 20.7 Å². The van der Waals surface area contributed by atoms with Crippen LogP contribution in [0.15, 0.2) is 12.2 Å². The van der Waals surface area contributed by atoms with E-state index in [4.69, 9.17) is 28.5 Å². The molecular formula is C18H37NO7Si. The molecule has 0 aromatic rings. The first-order valence-corrected chi connectivity index (χ1v) is 11.3. The molecule has 0 aliphatic carbocycles. The average molecular weight is 408 g/mol. The molecular weight excluding hydrogens is 370 g/mol. The molecule has 0 rings (SSSR count). The maximum atomic E-state index is 11.0. The van der Waals surface area contributed by atoms with Crippen molar-refractivity contribution < 1.29 is 32.3 Å². The van der Waals surface area contributed by atoms with Crippen LogP contribution in [-0.4, -0.2) is 54.9 Å². The van der Waals surface area contributed by atoms with Gasteiger partial charge in [-0.05, 0) is 12.8 Å². The van der Waals surface area contributed by atoms with Crippen LogP contribution in [0, 0.1) is 0 Å². The smallest absolute Gasteiger partial charge is 0.463 e. The molecule has 0 spiro atoms. The fraction of sp³-hybridized carbons (Fsp3) is 0.778. The molecule has 0 aromatic carbocycles. The zero-order valence-corrected chi connectivity index (χ0v) is 18.5. The van der Waals surface area contributed by atoms with E-state index in [1.54, 1.807) is 14.2 Å². The SMILES string of the molecule is CCCCOC(=O)C=CC(=O)OCCCC.CCC[Si](OC)(OC)OCN. The maximum Gasteiger partial charge on any atom is 0.501 e. The second kappa shape index (κ2) is 19.5. The van der Waals surface area contributed by atoms with Crippen LogP contribution in [-0.2, 0) is 32.3 Å². The van der Waals surface area contributed by atoms with E-state index >= 15 is 0 Å². The van der Waals surface area contributed by atoms with Gasteiger partial charge in [-0.3, -0.25) is 0 Å². The Kier molecular flexibility index (Phi) is 20.2. The first kappa shape index (κ1) is 28.0. The number of rotatable bonds is 14. The summed E-state index contributed by atoms with van der Waals surface area (Å²) in [5, 5.41) is 0. The van der Waals surface area contributed by atoms with Crippen LogP contribution in [0.5, 0.6) is 0 Å². The van der Waals surface area contributed by atoms with Crippen molar-refractivity contribution >= 4 is 20.7 Å². The molecule has 0 atom stereocenters. The van der Waals surface area contributed by atoms with Crippen molar-refractivity contribution in [1.29, 1.82) is 0 Å². The maximum absolute atomic E-state index is 11.0. The fourth-order valence-corrected chi connectivity index (χ4v) is 3.60. The predicted octanol–water partition coefficient (Wildman–Crippen LogP) is 2.79. The van der Waals surface area contributed by atoms with E-state index in [0.29, 0.717) is 13.2 Å². The second-order valence-electron chi connectivity index (χ2n) is 5.53. The Morgan fingerprint density at radius 2 is 1.30 bits per heavy atom. The highest BCUT2D eigenvalue weighted by atomic mass is 28.4. The van der Waals surface area contributed by atoms with Gasteiger partial charge in [0.2, 0.25) is 0 Å². The number of ether oxygens (including phenoxy) is 2. The summed E-state index contributed by atoms with van der Waals surface area (Å²) in [6.45, 7) is 7.02. The molecule has 2 N–H and O–H groups in total. The highest BCUT2D eigenvalue weighted by molar-refractivity contribution is 6.60. The summed E-state index contributed by atoms with van der Waals surface area (Å²) in [7, 11) is 0.828. The quantitative estimate of drug-likeness (QED) is 0.154. The third kappa shape index (κ3) is 16.6. The lowest BCUT2D eigenvalue weighted by molar-refractivity contribution is -0.140. The predicted molar refractivity (Wildman–Crippen MR) is 106 cm³/mol. The molecule has 0 aliphatic heterocycles. The van der Waals surface area contributed by atoms with Crippen LogP contribution < -0.4 is 5.73 Å². The summed E-state index contributed by atoms with van der Waals surface area (Å²) in [6, 6.07) is 0.817. The average Bonchev–Trinajstić information content (AvgIpc) is 2.67. The number of unbranched alkanes of at least 4 members (excludes halogenated alkanes) is 2. The van der Waals surface area contributed by atoms with Gasteiger partial charge in [0, 0.05) is 32.4 Å². The van der Waals surface area contributed by atoms with Gasteiger partial charge in [0.1, 0.15) is 0 Å². The highest BCUT2D eigenvalue weighted by Crippen LogP contribution is 2.14. The van der Waals surface area contributed by atoms with Crippen LogP contribution in [0.3, 0.4) is 0 Å². The molecule has 0 radical (unpaired) electrons. The summed E-state index contributed by atoms with van der Waals surface area (Å²) >= 11 is 0. The van der Waals surface area contributed by atoms with Crippen molar-refractivity contribution in [3.05, 3.63) is 12.2 Å². The molecule has 0 saturated carbocycles. The molecule has 27 heavy (non-hydrogen) atoms. The van der Waals surface area contributed by atoms with Crippen LogP contribution in [0.4, 0.5) is 0 Å². The largest absolute Gasteiger partial charge is 0.501 e. The third-order valence-electron chi connectivity index (χ3n) is 3.32. The minimum Gasteiger partial charge on any atom is -0.463 e. The minimum absolute atomic E-state index is 0.161. The van der Waals surface area contributed by atoms with E-state index in [9.17, 15) is 9.59 Å². The van der Waals surface area contributed by atoms with Gasteiger partial charge in [-0.2, -0.15) is 0 Å². The van der Waals surface area contributed by atoms with Crippen LogP contribution in [0.1, 0.15) is 52.9 Å². The molecule has 0 unspecified atom stereocenters. The normalized spacial score (nSPS) is 11.0. The summed E-state index contributed by atoms with van der Waals surface area (Å²) in [5.41, 5.74) is 5.25. The van der Waals surface area contributed by atoms with Crippen LogP contribution in [0.2, 0.25) is 6.04 Å². The Balaban J connectivity index is 0. The summed E-state index contributed by atoms with van der Waals surface area (Å²) in [5.74, 6) is -0.998. The molecule has 0 heterocycles. The zero-order chi connectivity index (χ0) is 21.0. The first-order chi connectivity index (χ1) is 12.9. The Morgan fingerprint density at radius 1 is 0.852 bits per heavy atom. The van der Waals surface area contributed by atoms with Gasteiger partial charge in [-0.1, -0.05) is 40.0 Å². The van der Waals surface area contributed by atoms with Crippen molar-refractivity contribution in [2.75, 3.05) is 34.2 Å². The topological polar surface area (TPSA) is 106 Å². The van der Waals surface area contributed by atoms with Crippen molar-refractivity contribution in [3.8, 4) is 0 Å². The van der Waals surface area contributed by atoms with Crippen LogP contribution >= 0.6 is 0 Å². The molecule has 0 aliphatic rings. The monoisotopic (exact) mass is 407 g/mol. The van der Waals surface area contributed by atoms with Gasteiger partial charge in [0.15, 0.2) is 0 Å². The number of nitrogens with two attached hydrogens (primary N) is 1. The standard InChI is InChI=1S/C12H20O4.C6H17NO3Si/c1-3-5-9-15-11(13)7-8-12(14)16-10-6-4-2;1-4-5-11(8-2,9-3)10-6-7/h7-8H,3-6,9-10H2,1-2H3;4-7H2,1-3H3. The Bertz CT molecular complexity index is 369. The van der Waals surface area contributed by atoms with Gasteiger partial charge in [0.25, 0.3) is 0 Å². The summed E-state index contributed by atoms with van der Waals surface area (Å²) in [6.07, 6.45) is 6.79.